The predicted molar refractivity (Wildman–Crippen MR) is 117 cm³/mol. The minimum atomic E-state index is -0.754. The van der Waals surface area contributed by atoms with Gasteiger partial charge in [-0.3, -0.25) is 4.79 Å². The van der Waals surface area contributed by atoms with Crippen molar-refractivity contribution in [1.82, 2.24) is 5.32 Å². The average molecular weight is 423 g/mol. The van der Waals surface area contributed by atoms with Crippen LogP contribution in [0.25, 0.3) is 11.0 Å². The van der Waals surface area contributed by atoms with Gasteiger partial charge in [0.1, 0.15) is 22.6 Å². The third kappa shape index (κ3) is 5.72. The smallest absolute Gasteiger partial charge is 0.349 e. The first-order valence-corrected chi connectivity index (χ1v) is 10.00. The van der Waals surface area contributed by atoms with Crippen LogP contribution in [0.4, 0.5) is 0 Å². The van der Waals surface area contributed by atoms with Gasteiger partial charge in [0.2, 0.25) is 0 Å². The molecule has 0 aliphatic carbocycles. The number of hydrogen-bond acceptors (Lipinski definition) is 6. The molecule has 0 aliphatic heterocycles. The normalized spacial score (nSPS) is 10.9. The van der Waals surface area contributed by atoms with E-state index in [1.807, 2.05) is 39.8 Å². The van der Waals surface area contributed by atoms with E-state index in [0.717, 1.165) is 11.1 Å². The first-order chi connectivity index (χ1) is 14.7. The first-order valence-electron chi connectivity index (χ1n) is 10.00. The second kappa shape index (κ2) is 9.47. The SMILES string of the molecule is Cc1ccc(OCC(=O)Oc2ccc3cc(C(=O)NCC(C)C)c(=O)oc3c2)cc1C. The molecule has 2 aromatic carbocycles. The zero-order valence-corrected chi connectivity index (χ0v) is 18.0. The highest BCUT2D eigenvalue weighted by atomic mass is 16.6. The van der Waals surface area contributed by atoms with E-state index in [0.29, 0.717) is 17.7 Å². The van der Waals surface area contributed by atoms with Crippen LogP contribution in [-0.2, 0) is 4.79 Å². The molecule has 1 amide bonds. The Morgan fingerprint density at radius 1 is 1.00 bits per heavy atom. The summed E-state index contributed by atoms with van der Waals surface area (Å²) in [5.74, 6) is -0.0326. The van der Waals surface area contributed by atoms with E-state index in [1.54, 1.807) is 18.2 Å². The topological polar surface area (TPSA) is 94.8 Å². The minimum absolute atomic E-state index is 0.0697. The maximum Gasteiger partial charge on any atom is 0.349 e. The second-order valence-electron chi connectivity index (χ2n) is 7.76. The predicted octanol–water partition coefficient (Wildman–Crippen LogP) is 3.78. The summed E-state index contributed by atoms with van der Waals surface area (Å²) in [6.45, 7) is 8.06. The lowest BCUT2D eigenvalue weighted by molar-refractivity contribution is -0.136. The standard InChI is InChI=1S/C24H25NO6/c1-14(2)12-25-23(27)20-10-17-6-8-19(11-21(17)31-24(20)28)30-22(26)13-29-18-7-5-15(3)16(4)9-18/h5-11,14H,12-13H2,1-4H3,(H,25,27). The van der Waals surface area contributed by atoms with E-state index < -0.39 is 17.5 Å². The number of amides is 1. The van der Waals surface area contributed by atoms with E-state index >= 15 is 0 Å². The molecule has 0 saturated heterocycles. The Kier molecular flexibility index (Phi) is 6.74. The highest BCUT2D eigenvalue weighted by Crippen LogP contribution is 2.21. The van der Waals surface area contributed by atoms with Gasteiger partial charge in [0.15, 0.2) is 6.61 Å². The summed E-state index contributed by atoms with van der Waals surface area (Å²) in [6, 6.07) is 11.6. The second-order valence-corrected chi connectivity index (χ2v) is 7.76. The molecule has 0 saturated carbocycles. The number of carbonyl (C=O) groups is 2. The van der Waals surface area contributed by atoms with Gasteiger partial charge in [-0.15, -0.1) is 0 Å². The Morgan fingerprint density at radius 2 is 1.74 bits per heavy atom. The molecule has 7 heteroatoms. The molecule has 7 nitrogen and oxygen atoms in total. The van der Waals surface area contributed by atoms with Crippen molar-refractivity contribution in [3.63, 3.8) is 0 Å². The van der Waals surface area contributed by atoms with Gasteiger partial charge in [0, 0.05) is 18.0 Å². The Balaban J connectivity index is 1.68. The van der Waals surface area contributed by atoms with Crippen LogP contribution < -0.4 is 20.4 Å². The van der Waals surface area contributed by atoms with Gasteiger partial charge in [-0.2, -0.15) is 0 Å². The summed E-state index contributed by atoms with van der Waals surface area (Å²) in [7, 11) is 0. The van der Waals surface area contributed by atoms with Gasteiger partial charge in [0.05, 0.1) is 0 Å². The molecule has 162 valence electrons. The molecule has 1 aromatic heterocycles. The van der Waals surface area contributed by atoms with Crippen molar-refractivity contribution in [1.29, 1.82) is 0 Å². The Morgan fingerprint density at radius 3 is 2.45 bits per heavy atom. The molecule has 0 unspecified atom stereocenters. The fourth-order valence-electron chi connectivity index (χ4n) is 2.81. The summed E-state index contributed by atoms with van der Waals surface area (Å²) in [5.41, 5.74) is 1.58. The highest BCUT2D eigenvalue weighted by Gasteiger charge is 2.15. The van der Waals surface area contributed by atoms with Crippen LogP contribution in [-0.4, -0.2) is 25.0 Å². The van der Waals surface area contributed by atoms with Crippen molar-refractivity contribution in [2.45, 2.75) is 27.7 Å². The van der Waals surface area contributed by atoms with Gasteiger partial charge >= 0.3 is 11.6 Å². The number of carbonyl (C=O) groups excluding carboxylic acids is 2. The quantitative estimate of drug-likeness (QED) is 0.353. The van der Waals surface area contributed by atoms with E-state index in [4.69, 9.17) is 13.9 Å². The number of ether oxygens (including phenoxy) is 2. The molecule has 1 heterocycles. The maximum atomic E-state index is 12.2. The Bertz CT molecular complexity index is 1180. The molecule has 3 rings (SSSR count). The van der Waals surface area contributed by atoms with Crippen LogP contribution in [0, 0.1) is 19.8 Å². The molecular weight excluding hydrogens is 398 g/mol. The van der Waals surface area contributed by atoms with Crippen LogP contribution in [0.5, 0.6) is 11.5 Å². The third-order valence-corrected chi connectivity index (χ3v) is 4.69. The van der Waals surface area contributed by atoms with Crippen molar-refractivity contribution in [2.75, 3.05) is 13.2 Å². The zero-order valence-electron chi connectivity index (χ0n) is 18.0. The monoisotopic (exact) mass is 423 g/mol. The van der Waals surface area contributed by atoms with Crippen molar-refractivity contribution < 1.29 is 23.5 Å². The number of fused-ring (bicyclic) bond motifs is 1. The Labute approximate surface area is 180 Å². The van der Waals surface area contributed by atoms with Gasteiger partial charge in [-0.25, -0.2) is 9.59 Å². The number of esters is 1. The van der Waals surface area contributed by atoms with Crippen molar-refractivity contribution >= 4 is 22.8 Å². The summed E-state index contributed by atoms with van der Waals surface area (Å²) in [6.07, 6.45) is 0. The van der Waals surface area contributed by atoms with Crippen molar-refractivity contribution in [3.8, 4) is 11.5 Å². The molecule has 31 heavy (non-hydrogen) atoms. The highest BCUT2D eigenvalue weighted by molar-refractivity contribution is 5.96. The van der Waals surface area contributed by atoms with E-state index in [2.05, 4.69) is 5.32 Å². The van der Waals surface area contributed by atoms with Crippen molar-refractivity contribution in [3.05, 3.63) is 69.6 Å². The minimum Gasteiger partial charge on any atom is -0.482 e. The fourth-order valence-corrected chi connectivity index (χ4v) is 2.81. The van der Waals surface area contributed by atoms with E-state index in [-0.39, 0.29) is 29.4 Å². The maximum absolute atomic E-state index is 12.2. The number of aryl methyl sites for hydroxylation is 2. The number of nitrogens with one attached hydrogen (secondary N) is 1. The lowest BCUT2D eigenvalue weighted by Crippen LogP contribution is -2.31. The molecule has 0 atom stereocenters. The molecule has 0 bridgehead atoms. The van der Waals surface area contributed by atoms with Crippen molar-refractivity contribution in [2.24, 2.45) is 5.92 Å². The summed E-state index contributed by atoms with van der Waals surface area (Å²) >= 11 is 0. The van der Waals surface area contributed by atoms with Crippen LogP contribution in [0.1, 0.15) is 35.3 Å². The molecule has 0 aliphatic rings. The van der Waals surface area contributed by atoms with Gasteiger partial charge in [-0.05, 0) is 61.2 Å². The molecule has 0 radical (unpaired) electrons. The van der Waals surface area contributed by atoms with Crippen LogP contribution in [0.15, 0.2) is 51.7 Å². The molecule has 1 N–H and O–H groups in total. The van der Waals surface area contributed by atoms with Gasteiger partial charge < -0.3 is 19.2 Å². The molecule has 0 fully saturated rings. The molecular formula is C24H25NO6. The van der Waals surface area contributed by atoms with Gasteiger partial charge in [-0.1, -0.05) is 19.9 Å². The lowest BCUT2D eigenvalue weighted by Gasteiger charge is -2.09. The molecule has 0 spiro atoms. The third-order valence-electron chi connectivity index (χ3n) is 4.69. The zero-order chi connectivity index (χ0) is 22.5. The number of rotatable bonds is 7. The van der Waals surface area contributed by atoms with E-state index in [1.165, 1.54) is 12.1 Å². The first kappa shape index (κ1) is 22.1. The summed E-state index contributed by atoms with van der Waals surface area (Å²) in [4.78, 5) is 36.5. The van der Waals surface area contributed by atoms with Gasteiger partial charge in [0.25, 0.3) is 5.91 Å². The number of hydrogen-bond donors (Lipinski definition) is 1. The molecule has 3 aromatic rings. The van der Waals surface area contributed by atoms with Crippen LogP contribution >= 0.6 is 0 Å². The summed E-state index contributed by atoms with van der Waals surface area (Å²) < 4.78 is 16.0. The Hall–Kier alpha value is -3.61. The largest absolute Gasteiger partial charge is 0.482 e. The van der Waals surface area contributed by atoms with Crippen LogP contribution in [0.3, 0.4) is 0 Å². The summed E-state index contributed by atoms with van der Waals surface area (Å²) in [5, 5.41) is 3.24. The fraction of sp³-hybridized carbons (Fsp3) is 0.292. The lowest BCUT2D eigenvalue weighted by atomic mass is 10.1. The van der Waals surface area contributed by atoms with Crippen LogP contribution in [0.2, 0.25) is 0 Å². The number of benzene rings is 2. The van der Waals surface area contributed by atoms with E-state index in [9.17, 15) is 14.4 Å². The average Bonchev–Trinajstić information content (AvgIpc) is 2.72.